The molecule has 6 nitrogen and oxygen atoms in total. The van der Waals surface area contributed by atoms with E-state index in [0.717, 1.165) is 6.42 Å². The molecular formula is C20H23N3O3S. The van der Waals surface area contributed by atoms with Gasteiger partial charge in [0.25, 0.3) is 10.0 Å². The second-order valence-electron chi connectivity index (χ2n) is 6.40. The summed E-state index contributed by atoms with van der Waals surface area (Å²) < 4.78 is 26.5. The molecule has 0 bridgehead atoms. The molecular weight excluding hydrogens is 362 g/mol. The lowest BCUT2D eigenvalue weighted by Gasteiger charge is -2.16. The minimum Gasteiger partial charge on any atom is -0.355 e. The van der Waals surface area contributed by atoms with Crippen LogP contribution in [0.5, 0.6) is 0 Å². The van der Waals surface area contributed by atoms with Gasteiger partial charge >= 0.3 is 0 Å². The first kappa shape index (κ1) is 19.1. The largest absolute Gasteiger partial charge is 0.355 e. The topological polar surface area (TPSA) is 87.6 Å². The summed E-state index contributed by atoms with van der Waals surface area (Å²) in [4.78, 5) is 16.6. The van der Waals surface area contributed by atoms with Crippen molar-refractivity contribution >= 4 is 21.8 Å². The highest BCUT2D eigenvalue weighted by atomic mass is 32.2. The van der Waals surface area contributed by atoms with Crippen molar-refractivity contribution in [3.05, 3.63) is 65.7 Å². The Morgan fingerprint density at radius 1 is 1.11 bits per heavy atom. The first-order chi connectivity index (χ1) is 13.0. The number of aliphatic imine (C=N–C) groups is 1. The Kier molecular flexibility index (Phi) is 5.91. The predicted molar refractivity (Wildman–Crippen MR) is 105 cm³/mol. The van der Waals surface area contributed by atoms with Crippen LogP contribution in [-0.4, -0.2) is 33.3 Å². The van der Waals surface area contributed by atoms with Crippen molar-refractivity contribution in [3.8, 4) is 0 Å². The molecule has 0 aliphatic carbocycles. The molecule has 1 atom stereocenters. The normalized spacial score (nSPS) is 17.1. The van der Waals surface area contributed by atoms with Crippen molar-refractivity contribution in [2.24, 2.45) is 4.99 Å². The molecule has 1 aliphatic rings. The fraction of sp³-hybridized carbons (Fsp3) is 0.300. The number of amidine groups is 1. The van der Waals surface area contributed by atoms with Crippen LogP contribution in [0.4, 0.5) is 0 Å². The third-order valence-corrected chi connectivity index (χ3v) is 5.98. The Morgan fingerprint density at radius 2 is 1.81 bits per heavy atom. The Balaban J connectivity index is 1.54. The number of hydrogen-bond acceptors (Lipinski definition) is 4. The van der Waals surface area contributed by atoms with Crippen LogP contribution in [0.15, 0.2) is 64.5 Å². The zero-order valence-electron chi connectivity index (χ0n) is 15.2. The molecule has 2 N–H and O–H groups in total. The van der Waals surface area contributed by atoms with Gasteiger partial charge in [0.1, 0.15) is 5.84 Å². The first-order valence-electron chi connectivity index (χ1n) is 8.99. The summed E-state index contributed by atoms with van der Waals surface area (Å²) in [5.74, 6) is 0.479. The number of fused-ring (bicyclic) bond motifs is 1. The maximum absolute atomic E-state index is 12.1. The molecule has 0 radical (unpaired) electrons. The van der Waals surface area contributed by atoms with Gasteiger partial charge in [0, 0.05) is 24.4 Å². The Morgan fingerprint density at radius 3 is 2.56 bits per heavy atom. The molecule has 0 saturated carbocycles. The Hall–Kier alpha value is -2.67. The third kappa shape index (κ3) is 4.54. The van der Waals surface area contributed by atoms with E-state index in [1.807, 2.05) is 18.2 Å². The molecule has 0 saturated heterocycles. The van der Waals surface area contributed by atoms with Gasteiger partial charge in [-0.15, -0.1) is 0 Å². The summed E-state index contributed by atoms with van der Waals surface area (Å²) in [6, 6.07) is 16.8. The number of amides is 1. The number of nitrogens with one attached hydrogen (secondary N) is 2. The van der Waals surface area contributed by atoms with Crippen LogP contribution in [0.3, 0.4) is 0 Å². The van der Waals surface area contributed by atoms with E-state index in [-0.39, 0.29) is 29.7 Å². The van der Waals surface area contributed by atoms with Gasteiger partial charge in [-0.25, -0.2) is 8.42 Å². The number of rotatable bonds is 7. The van der Waals surface area contributed by atoms with Crippen molar-refractivity contribution in [2.45, 2.75) is 30.6 Å². The highest BCUT2D eigenvalue weighted by Gasteiger charge is 2.29. The molecule has 0 aromatic heterocycles. The lowest BCUT2D eigenvalue weighted by Crippen LogP contribution is -2.29. The molecule has 1 amide bonds. The van der Waals surface area contributed by atoms with Gasteiger partial charge in [-0.2, -0.15) is 0 Å². The van der Waals surface area contributed by atoms with Gasteiger partial charge < -0.3 is 5.32 Å². The lowest BCUT2D eigenvalue weighted by molar-refractivity contribution is -0.120. The molecule has 1 aliphatic heterocycles. The number of nitrogens with zero attached hydrogens (tertiary/aromatic N) is 1. The SMILES string of the molecule is CCC(CNC(=O)CCN=C1NS(=O)(=O)c2ccccc21)c1ccccc1. The van der Waals surface area contributed by atoms with Crippen molar-refractivity contribution < 1.29 is 13.2 Å². The predicted octanol–water partition coefficient (Wildman–Crippen LogP) is 2.43. The maximum atomic E-state index is 12.1. The molecule has 0 fully saturated rings. The van der Waals surface area contributed by atoms with Gasteiger partial charge in [0.2, 0.25) is 5.91 Å². The average Bonchev–Trinajstić information content (AvgIpc) is 2.94. The van der Waals surface area contributed by atoms with Crippen LogP contribution >= 0.6 is 0 Å². The smallest absolute Gasteiger partial charge is 0.263 e. The van der Waals surface area contributed by atoms with E-state index in [9.17, 15) is 13.2 Å². The standard InChI is InChI=1S/C20H23N3O3S/c1-2-15(16-8-4-3-5-9-16)14-22-19(24)12-13-21-20-17-10-6-7-11-18(17)27(25,26)23-20/h3-11,15H,2,12-14H2,1H3,(H,21,23)(H,22,24). The molecule has 2 aromatic carbocycles. The summed E-state index contributed by atoms with van der Waals surface area (Å²) in [5.41, 5.74) is 1.76. The fourth-order valence-electron chi connectivity index (χ4n) is 3.07. The molecule has 3 rings (SSSR count). The van der Waals surface area contributed by atoms with Crippen LogP contribution < -0.4 is 10.0 Å². The van der Waals surface area contributed by atoms with Crippen molar-refractivity contribution in [3.63, 3.8) is 0 Å². The van der Waals surface area contributed by atoms with Gasteiger partial charge in [-0.1, -0.05) is 49.4 Å². The van der Waals surface area contributed by atoms with Crippen LogP contribution in [0.1, 0.15) is 36.8 Å². The van der Waals surface area contributed by atoms with E-state index in [1.165, 1.54) is 5.56 Å². The summed E-state index contributed by atoms with van der Waals surface area (Å²) in [6.45, 7) is 2.89. The number of carbonyl (C=O) groups excluding carboxylic acids is 1. The molecule has 27 heavy (non-hydrogen) atoms. The van der Waals surface area contributed by atoms with E-state index in [2.05, 4.69) is 34.1 Å². The quantitative estimate of drug-likeness (QED) is 0.767. The van der Waals surface area contributed by atoms with Crippen molar-refractivity contribution in [1.29, 1.82) is 0 Å². The minimum absolute atomic E-state index is 0.0946. The Bertz CT molecular complexity index is 940. The van der Waals surface area contributed by atoms with Crippen LogP contribution in [0, 0.1) is 0 Å². The number of carbonyl (C=O) groups is 1. The lowest BCUT2D eigenvalue weighted by atomic mass is 9.96. The highest BCUT2D eigenvalue weighted by Crippen LogP contribution is 2.22. The summed E-state index contributed by atoms with van der Waals surface area (Å²) in [6.07, 6.45) is 1.14. The average molecular weight is 385 g/mol. The van der Waals surface area contributed by atoms with E-state index in [0.29, 0.717) is 17.9 Å². The van der Waals surface area contributed by atoms with Crippen LogP contribution in [0.25, 0.3) is 0 Å². The molecule has 1 heterocycles. The minimum atomic E-state index is -3.54. The first-order valence-corrected chi connectivity index (χ1v) is 10.5. The van der Waals surface area contributed by atoms with E-state index in [4.69, 9.17) is 0 Å². The van der Waals surface area contributed by atoms with Gasteiger partial charge in [-0.3, -0.25) is 14.5 Å². The maximum Gasteiger partial charge on any atom is 0.263 e. The highest BCUT2D eigenvalue weighted by molar-refractivity contribution is 7.90. The van der Waals surface area contributed by atoms with Crippen molar-refractivity contribution in [1.82, 2.24) is 10.0 Å². The second-order valence-corrected chi connectivity index (χ2v) is 8.05. The number of sulfonamides is 1. The van der Waals surface area contributed by atoms with Gasteiger partial charge in [0.05, 0.1) is 11.4 Å². The third-order valence-electron chi connectivity index (χ3n) is 4.58. The van der Waals surface area contributed by atoms with Crippen molar-refractivity contribution in [2.75, 3.05) is 13.1 Å². The summed E-state index contributed by atoms with van der Waals surface area (Å²) in [7, 11) is -3.54. The second kappa shape index (κ2) is 8.35. The zero-order valence-corrected chi connectivity index (χ0v) is 16.0. The fourth-order valence-corrected chi connectivity index (χ4v) is 4.32. The molecule has 142 valence electrons. The molecule has 0 spiro atoms. The van der Waals surface area contributed by atoms with E-state index >= 15 is 0 Å². The summed E-state index contributed by atoms with van der Waals surface area (Å²) >= 11 is 0. The molecule has 1 unspecified atom stereocenters. The molecule has 7 heteroatoms. The van der Waals surface area contributed by atoms with E-state index in [1.54, 1.807) is 24.3 Å². The van der Waals surface area contributed by atoms with Crippen LogP contribution in [-0.2, 0) is 14.8 Å². The monoisotopic (exact) mass is 385 g/mol. The molecule has 2 aromatic rings. The number of benzene rings is 2. The van der Waals surface area contributed by atoms with Crippen LogP contribution in [0.2, 0.25) is 0 Å². The zero-order chi connectivity index (χ0) is 19.3. The Labute approximate surface area is 159 Å². The van der Waals surface area contributed by atoms with Gasteiger partial charge in [0.15, 0.2) is 0 Å². The summed E-state index contributed by atoms with van der Waals surface area (Å²) in [5, 5.41) is 2.95. The van der Waals surface area contributed by atoms with Gasteiger partial charge in [-0.05, 0) is 24.1 Å². The van der Waals surface area contributed by atoms with E-state index < -0.39 is 10.0 Å². The number of hydrogen-bond donors (Lipinski definition) is 2.